The van der Waals surface area contributed by atoms with Crippen LogP contribution in [0.1, 0.15) is 23.8 Å². The Morgan fingerprint density at radius 2 is 2.22 bits per heavy atom. The van der Waals surface area contributed by atoms with Crippen molar-refractivity contribution in [1.29, 1.82) is 0 Å². The maximum atomic E-state index is 11.9. The van der Waals surface area contributed by atoms with Gasteiger partial charge in [0.1, 0.15) is 11.5 Å². The van der Waals surface area contributed by atoms with E-state index in [2.05, 4.69) is 20.6 Å². The molecule has 0 saturated heterocycles. The van der Waals surface area contributed by atoms with Crippen molar-refractivity contribution in [2.24, 2.45) is 0 Å². The largest absolute Gasteiger partial charge is 0.372 e. The lowest BCUT2D eigenvalue weighted by atomic mass is 10.2. The van der Waals surface area contributed by atoms with Crippen LogP contribution in [0, 0.1) is 0 Å². The van der Waals surface area contributed by atoms with Crippen LogP contribution in [0.2, 0.25) is 0 Å². The van der Waals surface area contributed by atoms with Crippen LogP contribution in [0.3, 0.4) is 0 Å². The van der Waals surface area contributed by atoms with Crippen molar-refractivity contribution in [2.45, 2.75) is 19.4 Å². The highest BCUT2D eigenvalue weighted by Crippen LogP contribution is 2.02. The van der Waals surface area contributed by atoms with Gasteiger partial charge in [-0.25, -0.2) is 4.98 Å². The third-order valence-corrected chi connectivity index (χ3v) is 3.15. The summed E-state index contributed by atoms with van der Waals surface area (Å²) in [7, 11) is 0.873. The first-order valence-electron chi connectivity index (χ1n) is 5.63. The van der Waals surface area contributed by atoms with Crippen LogP contribution < -0.4 is 10.6 Å². The van der Waals surface area contributed by atoms with Gasteiger partial charge >= 0.3 is 0 Å². The van der Waals surface area contributed by atoms with Gasteiger partial charge in [0, 0.05) is 35.9 Å². The van der Waals surface area contributed by atoms with Gasteiger partial charge in [-0.05, 0) is 13.3 Å². The van der Waals surface area contributed by atoms with Crippen molar-refractivity contribution in [1.82, 2.24) is 15.3 Å². The highest BCUT2D eigenvalue weighted by atomic mass is 32.2. The molecule has 1 rings (SSSR count). The van der Waals surface area contributed by atoms with Crippen molar-refractivity contribution < 1.29 is 9.00 Å². The van der Waals surface area contributed by atoms with Gasteiger partial charge in [-0.3, -0.25) is 14.0 Å². The molecule has 1 aromatic heterocycles. The van der Waals surface area contributed by atoms with E-state index in [1.807, 2.05) is 6.92 Å². The van der Waals surface area contributed by atoms with E-state index in [0.717, 1.165) is 0 Å². The van der Waals surface area contributed by atoms with Crippen LogP contribution in [-0.2, 0) is 10.8 Å². The van der Waals surface area contributed by atoms with Gasteiger partial charge < -0.3 is 10.6 Å². The first-order chi connectivity index (χ1) is 8.52. The fourth-order valence-corrected chi connectivity index (χ4v) is 1.99. The van der Waals surface area contributed by atoms with E-state index < -0.39 is 10.8 Å². The Hall–Kier alpha value is -1.50. The van der Waals surface area contributed by atoms with E-state index in [9.17, 15) is 9.00 Å². The average Bonchev–Trinajstić information content (AvgIpc) is 2.36. The number of amides is 1. The maximum absolute atomic E-state index is 11.9. The molecule has 1 aromatic rings. The highest BCUT2D eigenvalue weighted by molar-refractivity contribution is 7.84. The summed E-state index contributed by atoms with van der Waals surface area (Å²) < 4.78 is 11.0. The second-order valence-corrected chi connectivity index (χ2v) is 5.53. The molecule has 0 radical (unpaired) electrons. The fourth-order valence-electron chi connectivity index (χ4n) is 1.31. The van der Waals surface area contributed by atoms with Crippen LogP contribution in [0.15, 0.2) is 12.4 Å². The van der Waals surface area contributed by atoms with Crippen LogP contribution in [0.25, 0.3) is 0 Å². The van der Waals surface area contributed by atoms with Crippen molar-refractivity contribution in [2.75, 3.05) is 24.4 Å². The Labute approximate surface area is 109 Å². The molecule has 2 unspecified atom stereocenters. The zero-order valence-electron chi connectivity index (χ0n) is 10.8. The van der Waals surface area contributed by atoms with Gasteiger partial charge in [-0.2, -0.15) is 0 Å². The van der Waals surface area contributed by atoms with Gasteiger partial charge in [-0.1, -0.05) is 0 Å². The average molecular weight is 270 g/mol. The van der Waals surface area contributed by atoms with Crippen LogP contribution in [-0.4, -0.2) is 45.2 Å². The third-order valence-electron chi connectivity index (χ3n) is 2.34. The minimum Gasteiger partial charge on any atom is -0.372 e. The normalized spacial score (nSPS) is 13.7. The summed E-state index contributed by atoms with van der Waals surface area (Å²) in [5, 5.41) is 5.62. The predicted molar refractivity (Wildman–Crippen MR) is 72.1 cm³/mol. The number of aromatic nitrogens is 2. The smallest absolute Gasteiger partial charge is 0.271 e. The summed E-state index contributed by atoms with van der Waals surface area (Å²) in [5.74, 6) is 0.850. The lowest BCUT2D eigenvalue weighted by Crippen LogP contribution is -2.34. The Morgan fingerprint density at radius 1 is 1.50 bits per heavy atom. The number of rotatable bonds is 6. The van der Waals surface area contributed by atoms with Crippen molar-refractivity contribution >= 4 is 22.5 Å². The maximum Gasteiger partial charge on any atom is 0.271 e. The number of hydrogen-bond acceptors (Lipinski definition) is 5. The van der Waals surface area contributed by atoms with Crippen LogP contribution in [0.5, 0.6) is 0 Å². The second-order valence-electron chi connectivity index (χ2n) is 3.98. The summed E-state index contributed by atoms with van der Waals surface area (Å²) in [5.41, 5.74) is 0.270. The molecule has 1 heterocycles. The van der Waals surface area contributed by atoms with Crippen molar-refractivity contribution in [3.63, 3.8) is 0 Å². The van der Waals surface area contributed by atoms with Crippen LogP contribution >= 0.6 is 0 Å². The minimum absolute atomic E-state index is 0.0403. The van der Waals surface area contributed by atoms with Gasteiger partial charge in [0.2, 0.25) is 0 Å². The Balaban J connectivity index is 2.56. The fraction of sp³-hybridized carbons (Fsp3) is 0.545. The standard InChI is InChI=1S/C11H18N4O2S/c1-8(4-5-18(3)17)14-11(16)9-6-13-7-10(12-2)15-9/h6-8H,4-5H2,1-3H3,(H,12,15)(H,14,16). The molecule has 18 heavy (non-hydrogen) atoms. The number of carbonyl (C=O) groups excluding carboxylic acids is 1. The molecule has 100 valence electrons. The Kier molecular flexibility index (Phi) is 5.70. The molecule has 7 heteroatoms. The summed E-state index contributed by atoms with van der Waals surface area (Å²) in [6.45, 7) is 1.88. The molecular weight excluding hydrogens is 252 g/mol. The van der Waals surface area contributed by atoms with Gasteiger partial charge in [0.15, 0.2) is 0 Å². The molecule has 0 fully saturated rings. The third kappa shape index (κ3) is 4.79. The highest BCUT2D eigenvalue weighted by Gasteiger charge is 2.12. The van der Waals surface area contributed by atoms with Gasteiger partial charge in [0.05, 0.1) is 12.4 Å². The topological polar surface area (TPSA) is 84.0 Å². The number of anilines is 1. The molecule has 2 N–H and O–H groups in total. The van der Waals surface area contributed by atoms with E-state index in [0.29, 0.717) is 18.0 Å². The second kappa shape index (κ2) is 7.05. The molecule has 0 aliphatic rings. The number of nitrogens with one attached hydrogen (secondary N) is 2. The zero-order valence-corrected chi connectivity index (χ0v) is 11.6. The van der Waals surface area contributed by atoms with Crippen LogP contribution in [0.4, 0.5) is 5.82 Å². The molecule has 0 spiro atoms. The molecule has 0 aliphatic carbocycles. The summed E-state index contributed by atoms with van der Waals surface area (Å²) >= 11 is 0. The van der Waals surface area contributed by atoms with E-state index in [4.69, 9.17) is 0 Å². The number of nitrogens with zero attached hydrogens (tertiary/aromatic N) is 2. The van der Waals surface area contributed by atoms with E-state index in [-0.39, 0.29) is 17.6 Å². The zero-order chi connectivity index (χ0) is 13.5. The lowest BCUT2D eigenvalue weighted by molar-refractivity contribution is 0.0934. The van der Waals surface area contributed by atoms with Gasteiger partial charge in [0.25, 0.3) is 5.91 Å². The van der Waals surface area contributed by atoms with E-state index in [1.54, 1.807) is 19.5 Å². The number of hydrogen-bond donors (Lipinski definition) is 2. The first kappa shape index (κ1) is 14.6. The molecule has 0 aromatic carbocycles. The molecule has 0 saturated carbocycles. The molecule has 2 atom stereocenters. The monoisotopic (exact) mass is 270 g/mol. The lowest BCUT2D eigenvalue weighted by Gasteiger charge is -2.12. The van der Waals surface area contributed by atoms with Crippen molar-refractivity contribution in [3.8, 4) is 0 Å². The van der Waals surface area contributed by atoms with E-state index >= 15 is 0 Å². The minimum atomic E-state index is -0.840. The van der Waals surface area contributed by atoms with Gasteiger partial charge in [-0.15, -0.1) is 0 Å². The van der Waals surface area contributed by atoms with Crippen molar-refractivity contribution in [3.05, 3.63) is 18.1 Å². The predicted octanol–water partition coefficient (Wildman–Crippen LogP) is 0.405. The SMILES string of the molecule is CNc1cncc(C(=O)NC(C)CCS(C)=O)n1. The molecular formula is C11H18N4O2S. The quantitative estimate of drug-likeness (QED) is 0.782. The molecule has 6 nitrogen and oxygen atoms in total. The molecule has 0 bridgehead atoms. The molecule has 1 amide bonds. The summed E-state index contributed by atoms with van der Waals surface area (Å²) in [4.78, 5) is 19.9. The Bertz CT molecular complexity index is 439. The summed E-state index contributed by atoms with van der Waals surface area (Å²) in [6, 6.07) is -0.0403. The summed E-state index contributed by atoms with van der Waals surface area (Å²) in [6.07, 6.45) is 5.28. The molecule has 0 aliphatic heterocycles. The number of carbonyl (C=O) groups is 1. The first-order valence-corrected chi connectivity index (χ1v) is 7.36. The van der Waals surface area contributed by atoms with E-state index in [1.165, 1.54) is 6.20 Å². The Morgan fingerprint density at radius 3 is 2.83 bits per heavy atom.